The molecule has 0 radical (unpaired) electrons. The predicted molar refractivity (Wildman–Crippen MR) is 71.8 cm³/mol. The number of imidazole rings is 1. The molecule has 0 aliphatic heterocycles. The largest absolute Gasteiger partial charge is 0.335 e. The van der Waals surface area contributed by atoms with Crippen molar-refractivity contribution in [1.29, 1.82) is 0 Å². The van der Waals surface area contributed by atoms with Gasteiger partial charge in [-0.3, -0.25) is 0 Å². The number of nitrogens with zero attached hydrogens (tertiary/aromatic N) is 2. The quantitative estimate of drug-likeness (QED) is 0.826. The molecule has 0 aliphatic carbocycles. The first-order valence-electron chi connectivity index (χ1n) is 5.75. The van der Waals surface area contributed by atoms with Crippen LogP contribution in [0.3, 0.4) is 0 Å². The zero-order valence-electron chi connectivity index (χ0n) is 9.97. The van der Waals surface area contributed by atoms with Gasteiger partial charge in [0.25, 0.3) is 0 Å². The number of nitrogens with two attached hydrogens (primary N) is 1. The van der Waals surface area contributed by atoms with Gasteiger partial charge in [0, 0.05) is 30.4 Å². The van der Waals surface area contributed by atoms with Gasteiger partial charge in [0.15, 0.2) is 0 Å². The third-order valence-electron chi connectivity index (χ3n) is 2.64. The van der Waals surface area contributed by atoms with Gasteiger partial charge < -0.3 is 10.3 Å². The lowest BCUT2D eigenvalue weighted by atomic mass is 10.2. The molecule has 0 spiro atoms. The maximum Gasteiger partial charge on any atom is 0.119 e. The molecule has 2 aromatic rings. The van der Waals surface area contributed by atoms with E-state index in [4.69, 9.17) is 5.73 Å². The normalized spacial score (nSPS) is 10.7. The number of aryl methyl sites for hydroxylation is 1. The second kappa shape index (κ2) is 5.89. The van der Waals surface area contributed by atoms with Crippen LogP contribution in [0.2, 0.25) is 0 Å². The molecule has 0 unspecified atom stereocenters. The maximum absolute atomic E-state index is 5.63. The number of benzene rings is 1. The van der Waals surface area contributed by atoms with E-state index in [0.717, 1.165) is 18.1 Å². The van der Waals surface area contributed by atoms with E-state index in [2.05, 4.69) is 40.7 Å². The summed E-state index contributed by atoms with van der Waals surface area (Å²) in [4.78, 5) is 5.61. The lowest BCUT2D eigenvalue weighted by Gasteiger charge is -2.05. The van der Waals surface area contributed by atoms with E-state index in [1.807, 2.05) is 12.4 Å². The lowest BCUT2D eigenvalue weighted by molar-refractivity contribution is 0.725. The van der Waals surface area contributed by atoms with Crippen LogP contribution in [0.1, 0.15) is 18.3 Å². The van der Waals surface area contributed by atoms with Gasteiger partial charge in [-0.25, -0.2) is 4.98 Å². The van der Waals surface area contributed by atoms with Crippen molar-refractivity contribution in [2.24, 2.45) is 5.73 Å². The van der Waals surface area contributed by atoms with Crippen LogP contribution in [0.25, 0.3) is 0 Å². The minimum absolute atomic E-state index is 0.595. The Kier molecular flexibility index (Phi) is 4.23. The molecule has 0 atom stereocenters. The smallest absolute Gasteiger partial charge is 0.119 e. The second-order valence-corrected chi connectivity index (χ2v) is 4.82. The number of thioether (sulfide) groups is 1. The summed E-state index contributed by atoms with van der Waals surface area (Å²) in [6.07, 6.45) is 3.88. The van der Waals surface area contributed by atoms with Gasteiger partial charge in [0.2, 0.25) is 0 Å². The van der Waals surface area contributed by atoms with Crippen LogP contribution in [0.4, 0.5) is 0 Å². The van der Waals surface area contributed by atoms with Gasteiger partial charge >= 0.3 is 0 Å². The summed E-state index contributed by atoms with van der Waals surface area (Å²) in [5.41, 5.74) is 6.80. The highest BCUT2D eigenvalue weighted by molar-refractivity contribution is 7.98. The summed E-state index contributed by atoms with van der Waals surface area (Å²) in [7, 11) is 0. The Balaban J connectivity index is 2.02. The van der Waals surface area contributed by atoms with E-state index in [9.17, 15) is 0 Å². The number of aromatic nitrogens is 2. The van der Waals surface area contributed by atoms with Crippen LogP contribution in [0, 0.1) is 0 Å². The SMILES string of the molecule is CCn1ccnc1CSc1cccc(CN)c1. The van der Waals surface area contributed by atoms with Crippen molar-refractivity contribution in [3.63, 3.8) is 0 Å². The molecule has 2 rings (SSSR count). The first kappa shape index (κ1) is 12.2. The van der Waals surface area contributed by atoms with Crippen LogP contribution >= 0.6 is 11.8 Å². The average molecular weight is 247 g/mol. The minimum Gasteiger partial charge on any atom is -0.335 e. The summed E-state index contributed by atoms with van der Waals surface area (Å²) in [5, 5.41) is 0. The molecule has 1 aromatic carbocycles. The van der Waals surface area contributed by atoms with Gasteiger partial charge in [0.1, 0.15) is 5.82 Å². The highest BCUT2D eigenvalue weighted by Gasteiger charge is 2.02. The Bertz CT molecular complexity index is 479. The fourth-order valence-corrected chi connectivity index (χ4v) is 2.62. The van der Waals surface area contributed by atoms with Gasteiger partial charge in [0.05, 0.1) is 5.75 Å². The fourth-order valence-electron chi connectivity index (χ4n) is 1.68. The van der Waals surface area contributed by atoms with Gasteiger partial charge in [-0.15, -0.1) is 11.8 Å². The molecule has 0 fully saturated rings. The Morgan fingerprint density at radius 2 is 2.29 bits per heavy atom. The Morgan fingerprint density at radius 3 is 3.06 bits per heavy atom. The zero-order valence-corrected chi connectivity index (χ0v) is 10.8. The lowest BCUT2D eigenvalue weighted by Crippen LogP contribution is -1.99. The fraction of sp³-hybridized carbons (Fsp3) is 0.308. The molecule has 1 aromatic heterocycles. The molecule has 0 saturated carbocycles. The predicted octanol–water partition coefficient (Wildman–Crippen LogP) is 2.65. The van der Waals surface area contributed by atoms with E-state index < -0.39 is 0 Å². The number of hydrogen-bond acceptors (Lipinski definition) is 3. The van der Waals surface area contributed by atoms with E-state index in [0.29, 0.717) is 6.54 Å². The van der Waals surface area contributed by atoms with E-state index in [1.54, 1.807) is 11.8 Å². The van der Waals surface area contributed by atoms with Crippen molar-refractivity contribution < 1.29 is 0 Å². The first-order valence-corrected chi connectivity index (χ1v) is 6.74. The molecule has 0 saturated heterocycles. The molecular formula is C13H17N3S. The van der Waals surface area contributed by atoms with Crippen LogP contribution < -0.4 is 5.73 Å². The highest BCUT2D eigenvalue weighted by Crippen LogP contribution is 2.22. The number of hydrogen-bond donors (Lipinski definition) is 1. The highest BCUT2D eigenvalue weighted by atomic mass is 32.2. The first-order chi connectivity index (χ1) is 8.33. The Labute approximate surface area is 106 Å². The summed E-state index contributed by atoms with van der Waals surface area (Å²) in [6, 6.07) is 8.36. The van der Waals surface area contributed by atoms with Crippen molar-refractivity contribution in [2.75, 3.05) is 0 Å². The second-order valence-electron chi connectivity index (χ2n) is 3.77. The van der Waals surface area contributed by atoms with Gasteiger partial charge in [-0.1, -0.05) is 12.1 Å². The number of rotatable bonds is 5. The molecule has 2 N–H and O–H groups in total. The summed E-state index contributed by atoms with van der Waals surface area (Å²) in [5.74, 6) is 2.02. The minimum atomic E-state index is 0.595. The summed E-state index contributed by atoms with van der Waals surface area (Å²) < 4.78 is 2.17. The average Bonchev–Trinajstić information content (AvgIpc) is 2.84. The molecule has 4 heteroatoms. The molecule has 1 heterocycles. The standard InChI is InChI=1S/C13H17N3S/c1-2-16-7-6-15-13(16)10-17-12-5-3-4-11(8-12)9-14/h3-8H,2,9-10,14H2,1H3. The van der Waals surface area contributed by atoms with Crippen LogP contribution in [-0.4, -0.2) is 9.55 Å². The third kappa shape index (κ3) is 3.11. The Morgan fingerprint density at radius 1 is 1.41 bits per heavy atom. The van der Waals surface area contributed by atoms with E-state index >= 15 is 0 Å². The van der Waals surface area contributed by atoms with E-state index in [1.165, 1.54) is 10.5 Å². The van der Waals surface area contributed by atoms with Crippen molar-refractivity contribution in [2.45, 2.75) is 30.7 Å². The van der Waals surface area contributed by atoms with Crippen LogP contribution in [0.5, 0.6) is 0 Å². The van der Waals surface area contributed by atoms with Crippen molar-refractivity contribution in [1.82, 2.24) is 9.55 Å². The molecule has 3 nitrogen and oxygen atoms in total. The van der Waals surface area contributed by atoms with Crippen LogP contribution in [0.15, 0.2) is 41.6 Å². The Hall–Kier alpha value is -1.26. The topological polar surface area (TPSA) is 43.8 Å². The van der Waals surface area contributed by atoms with Crippen molar-refractivity contribution in [3.8, 4) is 0 Å². The monoisotopic (exact) mass is 247 g/mol. The van der Waals surface area contributed by atoms with Crippen molar-refractivity contribution in [3.05, 3.63) is 48.0 Å². The zero-order chi connectivity index (χ0) is 12.1. The molecule has 17 heavy (non-hydrogen) atoms. The van der Waals surface area contributed by atoms with Gasteiger partial charge in [-0.05, 0) is 24.6 Å². The third-order valence-corrected chi connectivity index (χ3v) is 3.63. The summed E-state index contributed by atoms with van der Waals surface area (Å²) >= 11 is 1.80. The van der Waals surface area contributed by atoms with E-state index in [-0.39, 0.29) is 0 Å². The van der Waals surface area contributed by atoms with Crippen molar-refractivity contribution >= 4 is 11.8 Å². The van der Waals surface area contributed by atoms with Crippen LogP contribution in [-0.2, 0) is 18.8 Å². The summed E-state index contributed by atoms with van der Waals surface area (Å²) in [6.45, 7) is 3.70. The van der Waals surface area contributed by atoms with Gasteiger partial charge in [-0.2, -0.15) is 0 Å². The molecule has 0 amide bonds. The molecule has 90 valence electrons. The molecule has 0 bridgehead atoms. The maximum atomic E-state index is 5.63. The molecular weight excluding hydrogens is 230 g/mol. The molecule has 0 aliphatic rings.